The third kappa shape index (κ3) is 46.4. The van der Waals surface area contributed by atoms with Crippen molar-refractivity contribution in [1.29, 1.82) is 10.8 Å². The smallest absolute Gasteiger partial charge is 0.245 e. The zero-order valence-corrected chi connectivity index (χ0v) is 76.9. The van der Waals surface area contributed by atoms with Gasteiger partial charge in [-0.3, -0.25) is 97.0 Å². The minimum absolute atomic E-state index is 0.00386. The van der Waals surface area contributed by atoms with Crippen molar-refractivity contribution < 1.29 is 100 Å². The van der Waals surface area contributed by atoms with Crippen molar-refractivity contribution in [3.05, 3.63) is 71.9 Å². The van der Waals surface area contributed by atoms with Gasteiger partial charge in [-0.05, 0) is 101 Å². The summed E-state index contributed by atoms with van der Waals surface area (Å²) in [5.74, 6) is -18.6. The summed E-state index contributed by atoms with van der Waals surface area (Å²) < 4.78 is 27.3. The van der Waals surface area contributed by atoms with Crippen LogP contribution in [0, 0.1) is 10.8 Å². The summed E-state index contributed by atoms with van der Waals surface area (Å²) in [6, 6.07) is -3.11. The number of aromatic amines is 1. The lowest BCUT2D eigenvalue weighted by Gasteiger charge is -2.28. The second kappa shape index (κ2) is 62.7. The monoisotopic (exact) mass is 1890 g/mol. The molecule has 1 saturated heterocycles. The van der Waals surface area contributed by atoms with Crippen molar-refractivity contribution in [2.75, 3.05) is 45.1 Å². The lowest BCUT2D eigenvalue weighted by Crippen LogP contribution is -2.61. The van der Waals surface area contributed by atoms with E-state index in [2.05, 4.69) is 91.7 Å². The number of aliphatic hydroxyl groups excluding tert-OH is 2. The fraction of sp³-hybridized carbons (Fsp3) is 0.621. The highest BCUT2D eigenvalue weighted by Gasteiger charge is 2.38. The molecule has 133 heavy (non-hydrogen) atoms. The number of H-pyrrole nitrogens is 1. The Kier molecular flexibility index (Phi) is 53.1. The van der Waals surface area contributed by atoms with Gasteiger partial charge < -0.3 is 124 Å². The summed E-state index contributed by atoms with van der Waals surface area (Å²) in [4.78, 5) is 239. The van der Waals surface area contributed by atoms with Crippen molar-refractivity contribution >= 4 is 133 Å². The largest absolute Gasteiger partial charge is 0.394 e. The van der Waals surface area contributed by atoms with Crippen LogP contribution < -0.4 is 113 Å². The number of nitrogens with one attached hydrogen (secondary N) is 19. The molecule has 4 rings (SSSR count). The van der Waals surface area contributed by atoms with E-state index in [0.717, 1.165) is 32.1 Å². The second-order valence-corrected chi connectivity index (χ2v) is 34.8. The molecule has 1 fully saturated rings. The van der Waals surface area contributed by atoms with E-state index in [4.69, 9.17) is 39.5 Å². The molecule has 45 nitrogen and oxygen atoms in total. The highest BCUT2D eigenvalue weighted by Crippen LogP contribution is 2.21. The molecule has 11 atom stereocenters. The van der Waals surface area contributed by atoms with Crippen molar-refractivity contribution in [1.82, 2.24) is 89.5 Å². The van der Waals surface area contributed by atoms with E-state index in [1.54, 1.807) is 67.7 Å². The van der Waals surface area contributed by atoms with E-state index in [-0.39, 0.29) is 103 Å². The Morgan fingerprint density at radius 1 is 0.466 bits per heavy atom. The number of guanidine groups is 2. The maximum atomic E-state index is 15.0. The number of primary amides is 3. The number of hydrogen-bond acceptors (Lipinski definition) is 23. The first kappa shape index (κ1) is 113. The summed E-state index contributed by atoms with van der Waals surface area (Å²) >= 11 is 0. The molecule has 2 aromatic carbocycles. The first-order valence-corrected chi connectivity index (χ1v) is 47.3. The average molecular weight is 1890 g/mol. The molecule has 0 saturated carbocycles. The molecule has 17 amide bonds. The van der Waals surface area contributed by atoms with Crippen LogP contribution in [0.5, 0.6) is 0 Å². The van der Waals surface area contributed by atoms with Crippen molar-refractivity contribution in [3.63, 3.8) is 0 Å². The highest BCUT2D eigenvalue weighted by molar-refractivity contribution is 7.90. The van der Waals surface area contributed by atoms with Crippen LogP contribution in [0.1, 0.15) is 230 Å². The quantitative estimate of drug-likeness (QED) is 0.0151. The zero-order valence-electron chi connectivity index (χ0n) is 76.1. The average Bonchev–Trinajstić information content (AvgIpc) is 1.69. The number of unbranched alkanes of at least 4 members (excludes halogenated alkanes) is 13. The van der Waals surface area contributed by atoms with Gasteiger partial charge in [-0.2, -0.15) is 0 Å². The zero-order chi connectivity index (χ0) is 98.2. The van der Waals surface area contributed by atoms with Gasteiger partial charge in [0.2, 0.25) is 110 Å². The Bertz CT molecular complexity index is 4450. The van der Waals surface area contributed by atoms with Crippen molar-refractivity contribution in [3.8, 4) is 0 Å². The van der Waals surface area contributed by atoms with E-state index >= 15 is 0 Å². The number of rotatable bonds is 56. The minimum Gasteiger partial charge on any atom is -0.394 e. The number of carbonyl (C=O) groups excluding carboxylic acids is 17. The predicted octanol–water partition coefficient (Wildman–Crippen LogP) is -3.09. The van der Waals surface area contributed by atoms with Gasteiger partial charge in [-0.25, -0.2) is 8.42 Å². The van der Waals surface area contributed by atoms with Crippen LogP contribution in [-0.4, -0.2) is 248 Å². The summed E-state index contributed by atoms with van der Waals surface area (Å²) in [5, 5.41) is 74.6. The van der Waals surface area contributed by atoms with Gasteiger partial charge >= 0.3 is 0 Å². The molecule has 0 spiro atoms. The number of amides is 17. The molecule has 0 radical (unpaired) electrons. The summed E-state index contributed by atoms with van der Waals surface area (Å²) in [5.41, 5.74) is 29.7. The van der Waals surface area contributed by atoms with E-state index < -0.39 is 259 Å². The predicted molar refractivity (Wildman–Crippen MR) is 492 cm³/mol. The molecule has 3 aromatic rings. The molecule has 31 N–H and O–H groups in total. The SMILES string of the molecule is CCCCCCCCCCCCCCCC(=O)NS(=O)(=O)CCCC(=O)NCC(=O)N[C@@H](CO)C(=O)N[C@@H](CCC(N)=O)C(=O)N[C@@H](CCCNC(=N)N)C(=O)N[C@@H](CO)C(=O)N[C@@H](CCCC)C(=O)N[C@H]1CCC(=O)NCCCC[C@@H](C(N)=O)NC(=O)[C@H](Cc2c[nH]c3ccccc23)NC(=O)[C@H](CCCNC(=N)N)NC(=O)[C@@H](Cc2ccccc2)NC(=O)[C@H](CCC(N)=O)NC1=O. The Balaban J connectivity index is 1.56. The minimum atomic E-state index is -4.12. The molecule has 0 unspecified atom stereocenters. The number of hydrogen-bond donors (Lipinski definition) is 26. The lowest BCUT2D eigenvalue weighted by molar-refractivity contribution is -0.137. The fourth-order valence-electron chi connectivity index (χ4n) is 14.4. The summed E-state index contributed by atoms with van der Waals surface area (Å²) in [7, 11) is -4.12. The molecule has 1 aliphatic rings. The van der Waals surface area contributed by atoms with E-state index in [1.807, 2.05) is 4.72 Å². The summed E-state index contributed by atoms with van der Waals surface area (Å²) in [6.07, 6.45) is 11.4. The Morgan fingerprint density at radius 2 is 0.955 bits per heavy atom. The number of nitrogens with two attached hydrogens (primary N) is 5. The fourth-order valence-corrected chi connectivity index (χ4v) is 15.5. The van der Waals surface area contributed by atoms with Crippen LogP contribution in [0.25, 0.3) is 10.9 Å². The standard InChI is InChI=1S/C87H140N24O21S/c1-3-5-7-8-9-10-11-12-13-14-15-16-20-36-73(118)111-133(131,132)47-27-37-71(116)99-51-74(119)100-67(52-112)84(129)107-62(38-41-69(88)114)79(124)102-61(35-26-46-97-87(93)94)78(123)110-68(53-113)85(130)104-59(31-6-4-2)76(121)106-64-40-43-72(117)95-44-24-23-33-58(75(90)120)101-83(128)66(49-55-50-98-57-32-22-21-30-56(55)57)109-77(122)60(34-25-45-96-86(91)92)103-82(127)65(48-54-28-18-17-19-29-54)108-81(126)63(105-80(64)125)39-42-70(89)115/h17-19,21-22,28-30,32,50,58-68,98,112-113H,3-16,20,23-27,31,33-49,51-53H2,1-2H3,(H2,88,114)(H2,89,115)(H2,90,120)(H,95,117)(H,99,116)(H,100,119)(H,101,128)(H,102,124)(H,103,127)(H,104,130)(H,105,125)(H,106,121)(H,107,129)(H,108,126)(H,109,122)(H,110,123)(H,111,118)(H4,91,92,96)(H4,93,94,97)/t58-,59-,60-,61-,62-,63-,64-,65+,66-,67-,68-/m0/s1. The third-order valence-corrected chi connectivity index (χ3v) is 23.2. The Morgan fingerprint density at radius 3 is 1.54 bits per heavy atom. The van der Waals surface area contributed by atoms with Gasteiger partial charge in [0.1, 0.15) is 66.5 Å². The molecule has 46 heteroatoms. The number of carbonyl (C=O) groups is 17. The maximum absolute atomic E-state index is 15.0. The third-order valence-electron chi connectivity index (χ3n) is 21.9. The Labute approximate surface area is 774 Å². The first-order valence-electron chi connectivity index (χ1n) is 45.7. The molecule has 0 aliphatic carbocycles. The highest BCUT2D eigenvalue weighted by atomic mass is 32.2. The van der Waals surface area contributed by atoms with Crippen LogP contribution in [-0.2, 0) is 104 Å². The normalized spacial score (nSPS) is 17.9. The number of benzene rings is 2. The summed E-state index contributed by atoms with van der Waals surface area (Å²) in [6.45, 7) is 0.669. The molecule has 1 aliphatic heterocycles. The van der Waals surface area contributed by atoms with Crippen LogP contribution in [0.15, 0.2) is 60.8 Å². The second-order valence-electron chi connectivity index (χ2n) is 33.0. The van der Waals surface area contributed by atoms with Crippen LogP contribution in [0.4, 0.5) is 0 Å². The van der Waals surface area contributed by atoms with Gasteiger partial charge in [0.15, 0.2) is 11.9 Å². The van der Waals surface area contributed by atoms with Gasteiger partial charge in [-0.1, -0.05) is 152 Å². The van der Waals surface area contributed by atoms with Crippen molar-refractivity contribution in [2.45, 2.75) is 299 Å². The van der Waals surface area contributed by atoms with Crippen LogP contribution in [0.2, 0.25) is 0 Å². The number of aliphatic hydroxyl groups is 2. The molecule has 740 valence electrons. The topological polar surface area (TPSA) is 751 Å². The molecule has 0 bridgehead atoms. The number of aromatic nitrogens is 1. The van der Waals surface area contributed by atoms with Crippen LogP contribution in [0.3, 0.4) is 0 Å². The first-order chi connectivity index (χ1) is 63.5. The molecule has 1 aromatic heterocycles. The molecular formula is C87H140N24O21S. The van der Waals surface area contributed by atoms with Gasteiger partial charge in [-0.15, -0.1) is 0 Å². The van der Waals surface area contributed by atoms with E-state index in [1.165, 1.54) is 44.9 Å². The van der Waals surface area contributed by atoms with E-state index in [9.17, 15) is 100 Å². The molecular weight excluding hydrogens is 1750 g/mol. The Hall–Kier alpha value is -12.6. The maximum Gasteiger partial charge on any atom is 0.245 e. The van der Waals surface area contributed by atoms with Crippen molar-refractivity contribution in [2.24, 2.45) is 28.7 Å². The van der Waals surface area contributed by atoms with Gasteiger partial charge in [0.05, 0.1) is 25.5 Å². The molecule has 2 heterocycles. The number of fused-ring (bicyclic) bond motifs is 1. The van der Waals surface area contributed by atoms with E-state index in [0.29, 0.717) is 34.9 Å². The number of para-hydroxylation sites is 1. The lowest BCUT2D eigenvalue weighted by atomic mass is 10.0. The van der Waals surface area contributed by atoms with Gasteiger partial charge in [0.25, 0.3) is 0 Å². The number of sulfonamides is 1. The van der Waals surface area contributed by atoms with Crippen LogP contribution >= 0.6 is 0 Å². The van der Waals surface area contributed by atoms with Gasteiger partial charge in [0, 0.05) is 81.7 Å².